The van der Waals surface area contributed by atoms with Gasteiger partial charge in [0.1, 0.15) is 11.4 Å². The van der Waals surface area contributed by atoms with Gasteiger partial charge in [-0.3, -0.25) is 4.79 Å². The van der Waals surface area contributed by atoms with E-state index >= 15 is 0 Å². The highest BCUT2D eigenvalue weighted by molar-refractivity contribution is 5.82. The van der Waals surface area contributed by atoms with Crippen LogP contribution in [-0.4, -0.2) is 37.5 Å². The zero-order chi connectivity index (χ0) is 13.9. The summed E-state index contributed by atoms with van der Waals surface area (Å²) in [4.78, 5) is 18.8. The van der Waals surface area contributed by atoms with Crippen molar-refractivity contribution in [2.45, 2.75) is 56.2 Å². The molecule has 1 saturated carbocycles. The summed E-state index contributed by atoms with van der Waals surface area (Å²) in [6.07, 6.45) is 9.02. The molecule has 0 spiro atoms. The Balaban J connectivity index is 1.61. The highest BCUT2D eigenvalue weighted by atomic mass is 16.3. The maximum atomic E-state index is 12.4. The predicted molar refractivity (Wildman–Crippen MR) is 72.7 cm³/mol. The van der Waals surface area contributed by atoms with Crippen molar-refractivity contribution in [3.63, 3.8) is 0 Å². The SMILES string of the molecule is Cn1ccnc1C1(O)C[C@@H]2CC[C@@H](C1)N2C(=O)C1CC1. The zero-order valence-corrected chi connectivity index (χ0v) is 11.8. The van der Waals surface area contributed by atoms with E-state index in [4.69, 9.17) is 0 Å². The Morgan fingerprint density at radius 1 is 1.30 bits per heavy atom. The van der Waals surface area contributed by atoms with Gasteiger partial charge < -0.3 is 14.6 Å². The predicted octanol–water partition coefficient (Wildman–Crippen LogP) is 1.17. The third kappa shape index (κ3) is 1.72. The Morgan fingerprint density at radius 2 is 1.95 bits per heavy atom. The molecule has 3 aliphatic rings. The molecule has 1 N–H and O–H groups in total. The number of piperidine rings is 1. The van der Waals surface area contributed by atoms with E-state index in [1.165, 1.54) is 0 Å². The second kappa shape index (κ2) is 4.07. The molecule has 2 bridgehead atoms. The van der Waals surface area contributed by atoms with Gasteiger partial charge in [0.25, 0.3) is 0 Å². The fraction of sp³-hybridized carbons (Fsp3) is 0.733. The van der Waals surface area contributed by atoms with Crippen LogP contribution in [0.5, 0.6) is 0 Å². The van der Waals surface area contributed by atoms with Crippen molar-refractivity contribution in [3.05, 3.63) is 18.2 Å². The minimum atomic E-state index is -0.871. The minimum absolute atomic E-state index is 0.198. The van der Waals surface area contributed by atoms with Gasteiger partial charge in [0.2, 0.25) is 5.91 Å². The maximum Gasteiger partial charge on any atom is 0.226 e. The van der Waals surface area contributed by atoms with Crippen LogP contribution in [0.3, 0.4) is 0 Å². The highest BCUT2D eigenvalue weighted by Crippen LogP contribution is 2.47. The van der Waals surface area contributed by atoms with E-state index in [1.54, 1.807) is 6.20 Å². The molecule has 0 unspecified atom stereocenters. The van der Waals surface area contributed by atoms with Crippen molar-refractivity contribution < 1.29 is 9.90 Å². The van der Waals surface area contributed by atoms with Gasteiger partial charge in [-0.2, -0.15) is 0 Å². The van der Waals surface area contributed by atoms with E-state index in [2.05, 4.69) is 9.88 Å². The van der Waals surface area contributed by atoms with Crippen molar-refractivity contribution in [1.29, 1.82) is 0 Å². The van der Waals surface area contributed by atoms with Crippen LogP contribution in [0.1, 0.15) is 44.3 Å². The molecule has 1 aromatic rings. The number of amides is 1. The van der Waals surface area contributed by atoms with Crippen LogP contribution in [0, 0.1) is 5.92 Å². The lowest BCUT2D eigenvalue weighted by Gasteiger charge is -2.43. The van der Waals surface area contributed by atoms with E-state index < -0.39 is 5.60 Å². The summed E-state index contributed by atoms with van der Waals surface area (Å²) in [5.41, 5.74) is -0.871. The molecule has 1 aliphatic carbocycles. The standard InChI is InChI=1S/C15H21N3O2/c1-17-7-6-16-14(17)15(20)8-11-4-5-12(9-15)18(11)13(19)10-2-3-10/h6-7,10-12,20H,2-5,8-9H2,1H3/t11-,12-/m0/s1. The smallest absolute Gasteiger partial charge is 0.226 e. The summed E-state index contributed by atoms with van der Waals surface area (Å²) in [7, 11) is 1.92. The first-order valence-electron chi connectivity index (χ1n) is 7.61. The molecule has 0 radical (unpaired) electrons. The molecule has 0 aromatic carbocycles. The molecule has 3 heterocycles. The number of fused-ring (bicyclic) bond motifs is 2. The second-order valence-corrected chi connectivity index (χ2v) is 6.71. The van der Waals surface area contributed by atoms with E-state index in [-0.39, 0.29) is 18.0 Å². The van der Waals surface area contributed by atoms with Gasteiger partial charge in [0.15, 0.2) is 0 Å². The van der Waals surface area contributed by atoms with Crippen LogP contribution in [0.2, 0.25) is 0 Å². The minimum Gasteiger partial charge on any atom is -0.382 e. The molecular weight excluding hydrogens is 254 g/mol. The monoisotopic (exact) mass is 275 g/mol. The quantitative estimate of drug-likeness (QED) is 0.881. The number of aryl methyl sites for hydroxylation is 1. The molecule has 1 amide bonds. The molecule has 2 aliphatic heterocycles. The third-order valence-electron chi connectivity index (χ3n) is 5.19. The second-order valence-electron chi connectivity index (χ2n) is 6.71. The average Bonchev–Trinajstić information content (AvgIpc) is 3.10. The summed E-state index contributed by atoms with van der Waals surface area (Å²) in [6, 6.07) is 0.395. The number of aromatic nitrogens is 2. The number of hydrogen-bond donors (Lipinski definition) is 1. The van der Waals surface area contributed by atoms with Crippen molar-refractivity contribution in [3.8, 4) is 0 Å². The molecule has 2 atom stereocenters. The van der Waals surface area contributed by atoms with E-state index in [0.29, 0.717) is 18.7 Å². The number of rotatable bonds is 2. The lowest BCUT2D eigenvalue weighted by atomic mass is 9.85. The molecule has 5 heteroatoms. The summed E-state index contributed by atoms with van der Waals surface area (Å²) in [6.45, 7) is 0. The lowest BCUT2D eigenvalue weighted by Crippen LogP contribution is -2.53. The topological polar surface area (TPSA) is 58.4 Å². The van der Waals surface area contributed by atoms with Crippen LogP contribution in [0.25, 0.3) is 0 Å². The molecular formula is C15H21N3O2. The molecule has 5 nitrogen and oxygen atoms in total. The Hall–Kier alpha value is -1.36. The van der Waals surface area contributed by atoms with Gasteiger partial charge in [0.05, 0.1) is 0 Å². The van der Waals surface area contributed by atoms with Crippen LogP contribution >= 0.6 is 0 Å². The third-order valence-corrected chi connectivity index (χ3v) is 5.19. The largest absolute Gasteiger partial charge is 0.382 e. The number of carbonyl (C=O) groups excluding carboxylic acids is 1. The Kier molecular flexibility index (Phi) is 2.52. The van der Waals surface area contributed by atoms with Crippen molar-refractivity contribution in [1.82, 2.24) is 14.5 Å². The number of carbonyl (C=O) groups is 1. The van der Waals surface area contributed by atoms with E-state index in [9.17, 15) is 9.90 Å². The first-order chi connectivity index (χ1) is 9.58. The van der Waals surface area contributed by atoms with Gasteiger partial charge in [-0.15, -0.1) is 0 Å². The molecule has 2 saturated heterocycles. The fourth-order valence-corrected chi connectivity index (χ4v) is 4.12. The van der Waals surface area contributed by atoms with Gasteiger partial charge in [-0.05, 0) is 25.7 Å². The molecule has 4 rings (SSSR count). The Morgan fingerprint density at radius 3 is 2.45 bits per heavy atom. The fourth-order valence-electron chi connectivity index (χ4n) is 4.12. The van der Waals surface area contributed by atoms with Gasteiger partial charge in [0, 0.05) is 50.3 Å². The van der Waals surface area contributed by atoms with Gasteiger partial charge in [-0.25, -0.2) is 4.98 Å². The molecule has 3 fully saturated rings. The molecule has 108 valence electrons. The van der Waals surface area contributed by atoms with Crippen molar-refractivity contribution >= 4 is 5.91 Å². The van der Waals surface area contributed by atoms with Crippen LogP contribution in [0.15, 0.2) is 12.4 Å². The number of hydrogen-bond acceptors (Lipinski definition) is 3. The Bertz CT molecular complexity index is 535. The highest BCUT2D eigenvalue weighted by Gasteiger charge is 2.53. The first-order valence-corrected chi connectivity index (χ1v) is 7.61. The van der Waals surface area contributed by atoms with E-state index in [1.807, 2.05) is 17.8 Å². The van der Waals surface area contributed by atoms with Crippen LogP contribution in [-0.2, 0) is 17.4 Å². The summed E-state index contributed by atoms with van der Waals surface area (Å²) in [5, 5.41) is 11.0. The number of imidazole rings is 1. The van der Waals surface area contributed by atoms with Gasteiger partial charge in [-0.1, -0.05) is 0 Å². The normalized spacial score (nSPS) is 36.4. The summed E-state index contributed by atoms with van der Waals surface area (Å²) < 4.78 is 1.90. The summed E-state index contributed by atoms with van der Waals surface area (Å²) in [5.74, 6) is 1.35. The van der Waals surface area contributed by atoms with Gasteiger partial charge >= 0.3 is 0 Å². The first kappa shape index (κ1) is 12.4. The number of aliphatic hydroxyl groups is 1. The van der Waals surface area contributed by atoms with Crippen LogP contribution in [0.4, 0.5) is 0 Å². The number of nitrogens with zero attached hydrogens (tertiary/aromatic N) is 3. The zero-order valence-electron chi connectivity index (χ0n) is 11.8. The van der Waals surface area contributed by atoms with E-state index in [0.717, 1.165) is 31.5 Å². The maximum absolute atomic E-state index is 12.4. The lowest BCUT2D eigenvalue weighted by molar-refractivity contribution is -0.144. The van der Waals surface area contributed by atoms with Crippen LogP contribution < -0.4 is 0 Å². The van der Waals surface area contributed by atoms with Crippen molar-refractivity contribution in [2.24, 2.45) is 13.0 Å². The average molecular weight is 275 g/mol. The molecule has 20 heavy (non-hydrogen) atoms. The Labute approximate surface area is 118 Å². The van der Waals surface area contributed by atoms with Crippen molar-refractivity contribution in [2.75, 3.05) is 0 Å². The summed E-state index contributed by atoms with van der Waals surface area (Å²) >= 11 is 0. The molecule has 1 aromatic heterocycles.